The fourth-order valence-corrected chi connectivity index (χ4v) is 4.52. The van der Waals surface area contributed by atoms with Crippen molar-refractivity contribution in [3.05, 3.63) is 94.0 Å². The van der Waals surface area contributed by atoms with Gasteiger partial charge in [0.05, 0.1) is 30.4 Å². The maximum atomic E-state index is 13.4. The Morgan fingerprint density at radius 1 is 1.03 bits per heavy atom. The quantitative estimate of drug-likeness (QED) is 0.242. The highest BCUT2D eigenvalue weighted by Crippen LogP contribution is 2.41. The van der Waals surface area contributed by atoms with Crippen LogP contribution in [0.15, 0.2) is 72.3 Å². The zero-order valence-electron chi connectivity index (χ0n) is 21.2. The van der Waals surface area contributed by atoms with Crippen LogP contribution in [0.5, 0.6) is 11.5 Å². The number of carbonyl (C=O) groups excluding carboxylic acids is 2. The predicted octanol–water partition coefficient (Wildman–Crippen LogP) is 5.44. The molecule has 0 bridgehead atoms. The van der Waals surface area contributed by atoms with Gasteiger partial charge >= 0.3 is 0 Å². The molecule has 1 saturated heterocycles. The van der Waals surface area contributed by atoms with Crippen LogP contribution in [0.4, 0.5) is 5.69 Å². The first-order chi connectivity index (χ1) is 17.7. The van der Waals surface area contributed by atoms with Crippen LogP contribution in [0.3, 0.4) is 0 Å². The van der Waals surface area contributed by atoms with Crippen molar-refractivity contribution >= 4 is 34.7 Å². The van der Waals surface area contributed by atoms with E-state index in [1.807, 2.05) is 62.3 Å². The molecule has 0 aromatic heterocycles. The Labute approximate surface area is 221 Å². The van der Waals surface area contributed by atoms with Crippen molar-refractivity contribution in [3.8, 4) is 11.5 Å². The minimum absolute atomic E-state index is 0.0147. The van der Waals surface area contributed by atoms with Crippen LogP contribution in [0.2, 0.25) is 5.02 Å². The molecule has 1 amide bonds. The van der Waals surface area contributed by atoms with Crippen LogP contribution in [0.1, 0.15) is 29.7 Å². The first-order valence-corrected chi connectivity index (χ1v) is 12.2. The minimum atomic E-state index is -0.787. The molecule has 4 rings (SSSR count). The summed E-state index contributed by atoms with van der Waals surface area (Å²) < 4.78 is 10.8. The number of anilines is 1. The zero-order valence-corrected chi connectivity index (χ0v) is 22.0. The predicted molar refractivity (Wildman–Crippen MR) is 144 cm³/mol. The van der Waals surface area contributed by atoms with Crippen molar-refractivity contribution in [2.24, 2.45) is 0 Å². The van der Waals surface area contributed by atoms with E-state index >= 15 is 0 Å². The van der Waals surface area contributed by atoms with E-state index in [1.165, 1.54) is 4.90 Å². The second kappa shape index (κ2) is 11.0. The van der Waals surface area contributed by atoms with Gasteiger partial charge in [0.25, 0.3) is 11.7 Å². The van der Waals surface area contributed by atoms with E-state index in [0.29, 0.717) is 34.3 Å². The van der Waals surface area contributed by atoms with Gasteiger partial charge in [0.1, 0.15) is 17.3 Å². The number of halogens is 1. The van der Waals surface area contributed by atoms with Crippen LogP contribution in [-0.2, 0) is 16.1 Å². The van der Waals surface area contributed by atoms with Crippen molar-refractivity contribution in [3.63, 3.8) is 0 Å². The molecule has 1 N–H and O–H groups in total. The molecule has 192 valence electrons. The van der Waals surface area contributed by atoms with Gasteiger partial charge in [-0.1, -0.05) is 35.9 Å². The summed E-state index contributed by atoms with van der Waals surface area (Å²) in [6.07, 6.45) is 0. The number of amides is 1. The highest BCUT2D eigenvalue weighted by molar-refractivity contribution is 6.46. The third-order valence-electron chi connectivity index (χ3n) is 6.28. The summed E-state index contributed by atoms with van der Waals surface area (Å²) in [5.74, 6) is -0.643. The molecule has 8 heteroatoms. The summed E-state index contributed by atoms with van der Waals surface area (Å²) in [5, 5.41) is 11.8. The molecule has 0 aliphatic carbocycles. The van der Waals surface area contributed by atoms with Crippen LogP contribution in [0, 0.1) is 0 Å². The fourth-order valence-electron chi connectivity index (χ4n) is 4.34. The van der Waals surface area contributed by atoms with Crippen molar-refractivity contribution < 1.29 is 24.2 Å². The summed E-state index contributed by atoms with van der Waals surface area (Å²) in [4.78, 5) is 30.1. The Morgan fingerprint density at radius 2 is 1.70 bits per heavy atom. The topological polar surface area (TPSA) is 79.3 Å². The number of ketones is 1. The van der Waals surface area contributed by atoms with Gasteiger partial charge in [0, 0.05) is 31.9 Å². The average Bonchev–Trinajstić information content (AvgIpc) is 3.15. The highest BCUT2D eigenvalue weighted by atomic mass is 35.5. The third kappa shape index (κ3) is 5.27. The van der Waals surface area contributed by atoms with Gasteiger partial charge in [-0.2, -0.15) is 0 Å². The van der Waals surface area contributed by atoms with Crippen molar-refractivity contribution in [1.29, 1.82) is 0 Å². The average molecular weight is 521 g/mol. The SMILES string of the molecule is CCOc1cc(/C(O)=C2/C(=O)C(=O)N(Cc3ccc(OC)cc3)C2c2ccc(N(C)C)cc2)ccc1Cl. The molecule has 1 unspecified atom stereocenters. The smallest absolute Gasteiger partial charge is 0.295 e. The first-order valence-electron chi connectivity index (χ1n) is 11.9. The van der Waals surface area contributed by atoms with Crippen molar-refractivity contribution in [2.75, 3.05) is 32.7 Å². The number of hydrogen-bond donors (Lipinski definition) is 1. The van der Waals surface area contributed by atoms with E-state index < -0.39 is 17.7 Å². The second-order valence-corrected chi connectivity index (χ2v) is 9.25. The molecule has 0 radical (unpaired) electrons. The number of likely N-dealkylation sites (tertiary alicyclic amines) is 1. The van der Waals surface area contributed by atoms with Gasteiger partial charge in [0.2, 0.25) is 0 Å². The lowest BCUT2D eigenvalue weighted by Crippen LogP contribution is -2.29. The fraction of sp³-hybridized carbons (Fsp3) is 0.241. The van der Waals surface area contributed by atoms with E-state index in [-0.39, 0.29) is 17.9 Å². The summed E-state index contributed by atoms with van der Waals surface area (Å²) >= 11 is 6.23. The second-order valence-electron chi connectivity index (χ2n) is 8.84. The first kappa shape index (κ1) is 26.1. The minimum Gasteiger partial charge on any atom is -0.507 e. The number of methoxy groups -OCH3 is 1. The standard InChI is InChI=1S/C29H29ClN2O5/c1-5-37-24-16-20(10-15-23(24)30)27(33)25-26(19-8-11-21(12-9-19)31(2)3)32(29(35)28(25)34)17-18-6-13-22(36-4)14-7-18/h6-16,26,33H,5,17H2,1-4H3/b27-25-. The molecule has 3 aromatic carbocycles. The van der Waals surface area contributed by atoms with Crippen LogP contribution in [0.25, 0.3) is 5.76 Å². The Kier molecular flexibility index (Phi) is 7.74. The van der Waals surface area contributed by atoms with Crippen LogP contribution in [-0.4, -0.2) is 49.5 Å². The molecule has 0 spiro atoms. The molecule has 1 aliphatic rings. The van der Waals surface area contributed by atoms with E-state index in [2.05, 4.69) is 0 Å². The maximum absolute atomic E-state index is 13.4. The molecule has 1 fully saturated rings. The van der Waals surface area contributed by atoms with Gasteiger partial charge in [-0.15, -0.1) is 0 Å². The molecular weight excluding hydrogens is 492 g/mol. The summed E-state index contributed by atoms with van der Waals surface area (Å²) in [6, 6.07) is 18.8. The number of carbonyl (C=O) groups is 2. The molecule has 1 heterocycles. The largest absolute Gasteiger partial charge is 0.507 e. The zero-order chi connectivity index (χ0) is 26.7. The van der Waals surface area contributed by atoms with E-state index in [4.69, 9.17) is 21.1 Å². The van der Waals surface area contributed by atoms with Crippen molar-refractivity contribution in [2.45, 2.75) is 19.5 Å². The number of hydrogen-bond acceptors (Lipinski definition) is 6. The summed E-state index contributed by atoms with van der Waals surface area (Å²) in [7, 11) is 5.45. The number of rotatable bonds is 8. The lowest BCUT2D eigenvalue weighted by atomic mass is 9.95. The lowest BCUT2D eigenvalue weighted by Gasteiger charge is -2.26. The van der Waals surface area contributed by atoms with E-state index in [9.17, 15) is 14.7 Å². The van der Waals surface area contributed by atoms with Crippen LogP contribution >= 0.6 is 11.6 Å². The van der Waals surface area contributed by atoms with Gasteiger partial charge in [-0.3, -0.25) is 9.59 Å². The van der Waals surface area contributed by atoms with E-state index in [1.54, 1.807) is 37.4 Å². The van der Waals surface area contributed by atoms with Crippen LogP contribution < -0.4 is 14.4 Å². The normalized spacial score (nSPS) is 16.7. The summed E-state index contributed by atoms with van der Waals surface area (Å²) in [5.41, 5.74) is 2.85. The highest BCUT2D eigenvalue weighted by Gasteiger charge is 2.46. The molecule has 37 heavy (non-hydrogen) atoms. The molecule has 1 atom stereocenters. The van der Waals surface area contributed by atoms with Gasteiger partial charge < -0.3 is 24.4 Å². The number of benzene rings is 3. The number of aliphatic hydroxyl groups is 1. The monoisotopic (exact) mass is 520 g/mol. The van der Waals surface area contributed by atoms with Gasteiger partial charge in [0.15, 0.2) is 0 Å². The third-order valence-corrected chi connectivity index (χ3v) is 6.59. The van der Waals surface area contributed by atoms with Gasteiger partial charge in [-0.25, -0.2) is 0 Å². The van der Waals surface area contributed by atoms with E-state index in [0.717, 1.165) is 11.3 Å². The lowest BCUT2D eigenvalue weighted by molar-refractivity contribution is -0.140. The molecule has 0 saturated carbocycles. The molecule has 3 aromatic rings. The Hall–Kier alpha value is -3.97. The number of Topliss-reactive ketones (excluding diaryl/α,β-unsaturated/α-hetero) is 1. The number of aliphatic hydroxyl groups excluding tert-OH is 1. The van der Waals surface area contributed by atoms with Crippen molar-refractivity contribution in [1.82, 2.24) is 4.90 Å². The number of nitrogens with zero attached hydrogens (tertiary/aromatic N) is 2. The Balaban J connectivity index is 1.83. The maximum Gasteiger partial charge on any atom is 0.295 e. The summed E-state index contributed by atoms with van der Waals surface area (Å²) in [6.45, 7) is 2.38. The molecule has 1 aliphatic heterocycles. The Morgan fingerprint density at radius 3 is 2.30 bits per heavy atom. The molecular formula is C29H29ClN2O5. The Bertz CT molecular complexity index is 1330. The van der Waals surface area contributed by atoms with Gasteiger partial charge in [-0.05, 0) is 60.5 Å². The molecule has 7 nitrogen and oxygen atoms in total. The number of ether oxygens (including phenoxy) is 2.